The number of sulfonamides is 1. The molecule has 0 amide bonds. The maximum absolute atomic E-state index is 13.5. The van der Waals surface area contributed by atoms with Gasteiger partial charge < -0.3 is 10.1 Å². The molecule has 0 radical (unpaired) electrons. The van der Waals surface area contributed by atoms with Gasteiger partial charge in [-0.25, -0.2) is 8.42 Å². The molecule has 0 fully saturated rings. The number of halogens is 4. The second kappa shape index (κ2) is 10.7. The van der Waals surface area contributed by atoms with Crippen molar-refractivity contribution >= 4 is 43.0 Å². The molecule has 0 unspecified atom stereocenters. The normalized spacial score (nSPS) is 14.6. The fourth-order valence-electron chi connectivity index (χ4n) is 4.24. The number of alkyl halides is 3. The number of thiophene rings is 1. The Morgan fingerprint density at radius 2 is 1.80 bits per heavy atom. The lowest BCUT2D eigenvalue weighted by Crippen LogP contribution is -2.39. The smallest absolute Gasteiger partial charge is 0.376 e. The number of nitrogens with zero attached hydrogens (tertiary/aromatic N) is 1. The van der Waals surface area contributed by atoms with Gasteiger partial charge in [-0.1, -0.05) is 48.0 Å². The van der Waals surface area contributed by atoms with E-state index >= 15 is 0 Å². The van der Waals surface area contributed by atoms with E-state index in [9.17, 15) is 31.5 Å². The van der Waals surface area contributed by atoms with E-state index in [1.165, 1.54) is 29.7 Å². The largest absolute Gasteiger partial charge is 0.421 e. The molecule has 13 heteroatoms. The molecule has 2 atom stereocenters. The molecule has 2 aromatic carbocycles. The Bertz CT molecular complexity index is 1900. The van der Waals surface area contributed by atoms with Gasteiger partial charge in [-0.15, -0.1) is 11.3 Å². The van der Waals surface area contributed by atoms with Gasteiger partial charge in [-0.05, 0) is 53.8 Å². The van der Waals surface area contributed by atoms with Crippen LogP contribution in [0.5, 0.6) is 0 Å². The van der Waals surface area contributed by atoms with Crippen LogP contribution in [-0.2, 0) is 15.6 Å². The highest BCUT2D eigenvalue weighted by Crippen LogP contribution is 2.42. The Balaban J connectivity index is 1.63. The first-order valence-corrected chi connectivity index (χ1v) is 14.7. The Morgan fingerprint density at radius 1 is 1.05 bits per heavy atom. The number of aromatic amines is 1. The zero-order valence-corrected chi connectivity index (χ0v) is 23.5. The van der Waals surface area contributed by atoms with Gasteiger partial charge in [0.05, 0.1) is 16.6 Å². The summed E-state index contributed by atoms with van der Waals surface area (Å²) in [4.78, 5) is 18.5. The summed E-state index contributed by atoms with van der Waals surface area (Å²) in [6, 6.07) is 17.3. The SMILES string of the molecule is C[C@](O)(c1ccnc(-c2cccc3cc([C@H](NS(=O)(=O)c4ccc(=O)[nH]c4)c4ccccc4Cl)sc23)c1)C(F)(F)F. The molecule has 3 N–H and O–H groups in total. The summed E-state index contributed by atoms with van der Waals surface area (Å²) in [5.41, 5.74) is -2.75. The van der Waals surface area contributed by atoms with Gasteiger partial charge in [-0.3, -0.25) is 9.78 Å². The molecular weight excluding hydrogens is 599 g/mol. The molecule has 0 aliphatic carbocycles. The first-order chi connectivity index (χ1) is 19.3. The van der Waals surface area contributed by atoms with E-state index in [0.717, 1.165) is 18.3 Å². The van der Waals surface area contributed by atoms with E-state index in [-0.39, 0.29) is 16.2 Å². The zero-order valence-electron chi connectivity index (χ0n) is 21.1. The summed E-state index contributed by atoms with van der Waals surface area (Å²) in [6.45, 7) is 0.679. The van der Waals surface area contributed by atoms with E-state index in [2.05, 4.69) is 14.7 Å². The molecule has 0 saturated carbocycles. The van der Waals surface area contributed by atoms with Crippen LogP contribution in [0.3, 0.4) is 0 Å². The predicted molar refractivity (Wildman–Crippen MR) is 151 cm³/mol. The quantitative estimate of drug-likeness (QED) is 0.203. The minimum Gasteiger partial charge on any atom is -0.376 e. The Kier molecular flexibility index (Phi) is 7.55. The van der Waals surface area contributed by atoms with Crippen molar-refractivity contribution in [2.45, 2.75) is 29.6 Å². The third-order valence-corrected chi connectivity index (χ3v) is 9.57. The number of hydrogen-bond acceptors (Lipinski definition) is 6. The van der Waals surface area contributed by atoms with Crippen molar-refractivity contribution in [1.29, 1.82) is 0 Å². The Hall–Kier alpha value is -3.55. The van der Waals surface area contributed by atoms with Gasteiger partial charge in [0.15, 0.2) is 5.60 Å². The molecule has 3 heterocycles. The second-order valence-electron chi connectivity index (χ2n) is 9.34. The maximum Gasteiger partial charge on any atom is 0.421 e. The van der Waals surface area contributed by atoms with E-state index in [1.54, 1.807) is 48.5 Å². The molecule has 7 nitrogen and oxygen atoms in total. The van der Waals surface area contributed by atoms with Crippen molar-refractivity contribution < 1.29 is 26.7 Å². The van der Waals surface area contributed by atoms with Gasteiger partial charge in [0.1, 0.15) is 0 Å². The molecule has 212 valence electrons. The van der Waals surface area contributed by atoms with Crippen LogP contribution in [0.25, 0.3) is 21.3 Å². The molecule has 5 aromatic rings. The van der Waals surface area contributed by atoms with E-state index < -0.39 is 33.4 Å². The maximum atomic E-state index is 13.5. The van der Waals surface area contributed by atoms with Gasteiger partial charge in [0, 0.05) is 38.6 Å². The summed E-state index contributed by atoms with van der Waals surface area (Å²) in [7, 11) is -4.14. The predicted octanol–water partition coefficient (Wildman–Crippen LogP) is 6.14. The number of aromatic nitrogens is 2. The Labute approximate surface area is 241 Å². The number of pyridine rings is 2. The lowest BCUT2D eigenvalue weighted by atomic mass is 9.94. The summed E-state index contributed by atoms with van der Waals surface area (Å²) < 4.78 is 70.5. The third-order valence-electron chi connectivity index (χ3n) is 6.55. The summed E-state index contributed by atoms with van der Waals surface area (Å²) >= 11 is 7.70. The molecule has 0 saturated heterocycles. The average Bonchev–Trinajstić information content (AvgIpc) is 3.36. The molecule has 0 spiro atoms. The lowest BCUT2D eigenvalue weighted by molar-refractivity contribution is -0.258. The lowest BCUT2D eigenvalue weighted by Gasteiger charge is -2.26. The van der Waals surface area contributed by atoms with Crippen LogP contribution in [0.2, 0.25) is 5.02 Å². The van der Waals surface area contributed by atoms with Crippen molar-refractivity contribution in [1.82, 2.24) is 14.7 Å². The summed E-state index contributed by atoms with van der Waals surface area (Å²) in [5.74, 6) is 0. The zero-order chi connectivity index (χ0) is 29.6. The van der Waals surface area contributed by atoms with Gasteiger partial charge in [0.25, 0.3) is 0 Å². The van der Waals surface area contributed by atoms with Crippen molar-refractivity contribution in [3.8, 4) is 11.3 Å². The molecule has 41 heavy (non-hydrogen) atoms. The average molecular weight is 620 g/mol. The van der Waals surface area contributed by atoms with Gasteiger partial charge in [-0.2, -0.15) is 17.9 Å². The van der Waals surface area contributed by atoms with Crippen LogP contribution in [0.1, 0.15) is 29.0 Å². The van der Waals surface area contributed by atoms with Crippen LogP contribution in [0.15, 0.2) is 94.9 Å². The highest BCUT2D eigenvalue weighted by atomic mass is 35.5. The van der Waals surface area contributed by atoms with Gasteiger partial charge in [0.2, 0.25) is 15.6 Å². The minimum absolute atomic E-state index is 0.159. The van der Waals surface area contributed by atoms with Gasteiger partial charge >= 0.3 is 6.18 Å². The second-order valence-corrected chi connectivity index (χ2v) is 12.5. The van der Waals surface area contributed by atoms with Crippen LogP contribution < -0.4 is 10.3 Å². The van der Waals surface area contributed by atoms with Crippen molar-refractivity contribution in [3.05, 3.63) is 117 Å². The first kappa shape index (κ1) is 29.0. The number of nitrogens with one attached hydrogen (secondary N) is 2. The topological polar surface area (TPSA) is 112 Å². The number of benzene rings is 2. The number of aliphatic hydroxyl groups is 1. The molecule has 3 aromatic heterocycles. The van der Waals surface area contributed by atoms with Crippen LogP contribution in [0, 0.1) is 0 Å². The minimum atomic E-state index is -4.90. The van der Waals surface area contributed by atoms with Crippen LogP contribution >= 0.6 is 22.9 Å². The Morgan fingerprint density at radius 3 is 2.49 bits per heavy atom. The summed E-state index contributed by atoms with van der Waals surface area (Å²) in [5, 5.41) is 11.2. The van der Waals surface area contributed by atoms with Crippen LogP contribution in [-0.4, -0.2) is 29.7 Å². The fraction of sp³-hybridized carbons (Fsp3) is 0.143. The molecule has 0 bridgehead atoms. The molecule has 0 aliphatic rings. The molecular formula is C28H21ClF3N3O4S2. The molecule has 0 aliphatic heterocycles. The van der Waals surface area contributed by atoms with E-state index in [0.29, 0.717) is 38.0 Å². The van der Waals surface area contributed by atoms with Crippen molar-refractivity contribution in [3.63, 3.8) is 0 Å². The summed E-state index contributed by atoms with van der Waals surface area (Å²) in [6.07, 6.45) is -2.62. The first-order valence-electron chi connectivity index (χ1n) is 12.0. The standard InChI is InChI=1S/C28H21ClF3N3O4S2/c1-27(37,28(30,31)32)17-11-12-33-22(14-17)20-7-4-5-16-13-23(40-26(16)20)25(19-6-2-3-8-21(19)29)35-41(38,39)18-9-10-24(36)34-15-18/h2-15,25,35,37H,1H3,(H,34,36)/t25-,27+/m1/s1. The monoisotopic (exact) mass is 619 g/mol. The fourth-order valence-corrected chi connectivity index (χ4v) is 6.98. The third kappa shape index (κ3) is 5.66. The number of rotatable bonds is 7. The highest BCUT2D eigenvalue weighted by molar-refractivity contribution is 7.89. The number of fused-ring (bicyclic) bond motifs is 1. The molecule has 5 rings (SSSR count). The number of hydrogen-bond donors (Lipinski definition) is 3. The van der Waals surface area contributed by atoms with Crippen molar-refractivity contribution in [2.24, 2.45) is 0 Å². The van der Waals surface area contributed by atoms with E-state index in [4.69, 9.17) is 11.6 Å². The van der Waals surface area contributed by atoms with E-state index in [1.807, 2.05) is 0 Å². The highest BCUT2D eigenvalue weighted by Gasteiger charge is 2.51. The number of H-pyrrole nitrogens is 1. The van der Waals surface area contributed by atoms with Crippen LogP contribution in [0.4, 0.5) is 13.2 Å². The van der Waals surface area contributed by atoms with Crippen molar-refractivity contribution in [2.75, 3.05) is 0 Å².